The van der Waals surface area contributed by atoms with E-state index in [2.05, 4.69) is 4.98 Å². The third kappa shape index (κ3) is 5.41. The lowest BCUT2D eigenvalue weighted by molar-refractivity contribution is -0.145. The second-order valence-electron chi connectivity index (χ2n) is 7.39. The van der Waals surface area contributed by atoms with Gasteiger partial charge in [-0.05, 0) is 48.4 Å². The number of sulfonamides is 1. The third-order valence-corrected chi connectivity index (χ3v) is 7.93. The predicted octanol–water partition coefficient (Wildman–Crippen LogP) is 4.25. The molecule has 0 atom stereocenters. The number of esters is 1. The molecule has 0 bridgehead atoms. The average Bonchev–Trinajstić information content (AvgIpc) is 3.49. The van der Waals surface area contributed by atoms with Crippen LogP contribution in [-0.2, 0) is 32.6 Å². The van der Waals surface area contributed by atoms with Gasteiger partial charge in [-0.1, -0.05) is 24.6 Å². The fourth-order valence-electron chi connectivity index (χ4n) is 3.44. The van der Waals surface area contributed by atoms with Crippen LogP contribution in [0.15, 0.2) is 57.4 Å². The van der Waals surface area contributed by atoms with E-state index < -0.39 is 10.0 Å². The van der Waals surface area contributed by atoms with Crippen LogP contribution in [0, 0.1) is 0 Å². The van der Waals surface area contributed by atoms with Crippen LogP contribution in [0.5, 0.6) is 0 Å². The van der Waals surface area contributed by atoms with E-state index in [0.29, 0.717) is 36.0 Å². The minimum Gasteiger partial charge on any atom is -0.459 e. The second kappa shape index (κ2) is 9.76. The number of aromatic nitrogens is 1. The van der Waals surface area contributed by atoms with Gasteiger partial charge in [0.25, 0.3) is 0 Å². The number of hydrogen-bond acceptors (Lipinski definition) is 7. The highest BCUT2D eigenvalue weighted by Crippen LogP contribution is 2.24. The molecule has 4 rings (SSSR count). The van der Waals surface area contributed by atoms with Crippen molar-refractivity contribution < 1.29 is 22.4 Å². The summed E-state index contributed by atoms with van der Waals surface area (Å²) in [5.41, 5.74) is 1.44. The zero-order valence-corrected chi connectivity index (χ0v) is 18.7. The molecule has 7 nitrogen and oxygen atoms in total. The van der Waals surface area contributed by atoms with Crippen molar-refractivity contribution in [2.45, 2.75) is 43.6 Å². The van der Waals surface area contributed by atoms with Crippen LogP contribution in [0.25, 0.3) is 10.8 Å². The van der Waals surface area contributed by atoms with Crippen LogP contribution < -0.4 is 0 Å². The van der Waals surface area contributed by atoms with Gasteiger partial charge in [0.1, 0.15) is 18.6 Å². The maximum Gasteiger partial charge on any atom is 0.306 e. The van der Waals surface area contributed by atoms with Gasteiger partial charge in [0, 0.05) is 19.5 Å². The van der Waals surface area contributed by atoms with E-state index in [1.54, 1.807) is 28.6 Å². The summed E-state index contributed by atoms with van der Waals surface area (Å²) in [4.78, 5) is 17.6. The summed E-state index contributed by atoms with van der Waals surface area (Å²) < 4.78 is 37.6. The Morgan fingerprint density at radius 3 is 2.61 bits per heavy atom. The highest BCUT2D eigenvalue weighted by Gasteiger charge is 2.25. The first-order valence-corrected chi connectivity index (χ1v) is 12.6. The Kier molecular flexibility index (Phi) is 6.84. The molecule has 164 valence electrons. The SMILES string of the molecule is O=C(CCc1ccc(S(=O)(=O)N2CCCCC2)cc1)OCc1coc(-c2cccs2)n1. The number of nitrogens with zero attached hydrogens (tertiary/aromatic N) is 2. The molecule has 3 aromatic rings. The van der Waals surface area contributed by atoms with Crippen molar-refractivity contribution in [3.8, 4) is 10.8 Å². The molecular formula is C22H24N2O5S2. The minimum atomic E-state index is -3.44. The van der Waals surface area contributed by atoms with Crippen molar-refractivity contribution in [1.29, 1.82) is 0 Å². The monoisotopic (exact) mass is 460 g/mol. The molecule has 1 aliphatic rings. The lowest BCUT2D eigenvalue weighted by Gasteiger charge is -2.25. The molecule has 1 saturated heterocycles. The van der Waals surface area contributed by atoms with E-state index in [1.807, 2.05) is 17.5 Å². The number of carbonyl (C=O) groups is 1. The largest absolute Gasteiger partial charge is 0.459 e. The molecule has 2 aromatic heterocycles. The van der Waals surface area contributed by atoms with E-state index in [0.717, 1.165) is 29.7 Å². The van der Waals surface area contributed by atoms with Gasteiger partial charge in [0.05, 0.1) is 9.77 Å². The topological polar surface area (TPSA) is 89.7 Å². The van der Waals surface area contributed by atoms with Crippen LogP contribution in [0.1, 0.15) is 36.9 Å². The normalized spacial score (nSPS) is 15.1. The Morgan fingerprint density at radius 2 is 1.90 bits per heavy atom. The lowest BCUT2D eigenvalue weighted by Crippen LogP contribution is -2.35. The van der Waals surface area contributed by atoms with Gasteiger partial charge in [0.2, 0.25) is 15.9 Å². The van der Waals surface area contributed by atoms with Crippen LogP contribution in [0.3, 0.4) is 0 Å². The van der Waals surface area contributed by atoms with Gasteiger partial charge >= 0.3 is 5.97 Å². The molecule has 0 N–H and O–H groups in total. The number of aryl methyl sites for hydroxylation is 1. The number of ether oxygens (including phenoxy) is 1. The lowest BCUT2D eigenvalue weighted by atomic mass is 10.1. The molecule has 0 saturated carbocycles. The Bertz CT molecular complexity index is 1100. The molecule has 0 aliphatic carbocycles. The van der Waals surface area contributed by atoms with Crippen LogP contribution in [0.2, 0.25) is 0 Å². The molecule has 0 radical (unpaired) electrons. The molecule has 1 fully saturated rings. The van der Waals surface area contributed by atoms with E-state index >= 15 is 0 Å². The standard InChI is InChI=1S/C22H24N2O5S2/c25-21(28-15-18-16-29-22(23-18)20-5-4-14-30-20)11-8-17-6-9-19(10-7-17)31(26,27)24-12-2-1-3-13-24/h4-7,9-10,14,16H,1-3,8,11-13,15H2. The first-order valence-electron chi connectivity index (χ1n) is 10.3. The summed E-state index contributed by atoms with van der Waals surface area (Å²) >= 11 is 1.53. The first-order chi connectivity index (χ1) is 15.0. The van der Waals surface area contributed by atoms with E-state index in [1.165, 1.54) is 17.6 Å². The van der Waals surface area contributed by atoms with Crippen molar-refractivity contribution >= 4 is 27.3 Å². The first kappa shape index (κ1) is 21.7. The number of benzene rings is 1. The molecule has 1 aliphatic heterocycles. The van der Waals surface area contributed by atoms with E-state index in [4.69, 9.17) is 9.15 Å². The second-order valence-corrected chi connectivity index (χ2v) is 10.3. The Labute approximate surface area is 185 Å². The predicted molar refractivity (Wildman–Crippen MR) is 117 cm³/mol. The summed E-state index contributed by atoms with van der Waals surface area (Å²) in [5, 5.41) is 1.94. The third-order valence-electron chi connectivity index (χ3n) is 5.16. The zero-order valence-electron chi connectivity index (χ0n) is 17.0. The number of thiophene rings is 1. The summed E-state index contributed by atoms with van der Waals surface area (Å²) in [6.45, 7) is 1.22. The van der Waals surface area contributed by atoms with Crippen LogP contribution in [0.4, 0.5) is 0 Å². The molecule has 0 unspecified atom stereocenters. The van der Waals surface area contributed by atoms with Crippen LogP contribution in [-0.4, -0.2) is 36.8 Å². The van der Waals surface area contributed by atoms with Gasteiger partial charge in [-0.3, -0.25) is 4.79 Å². The number of carbonyl (C=O) groups excluding carboxylic acids is 1. The van der Waals surface area contributed by atoms with E-state index in [9.17, 15) is 13.2 Å². The quantitative estimate of drug-likeness (QED) is 0.467. The number of rotatable bonds is 8. The van der Waals surface area contributed by atoms with Gasteiger partial charge in [-0.25, -0.2) is 13.4 Å². The van der Waals surface area contributed by atoms with Crippen molar-refractivity contribution in [2.75, 3.05) is 13.1 Å². The fourth-order valence-corrected chi connectivity index (χ4v) is 5.61. The smallest absolute Gasteiger partial charge is 0.306 e. The highest BCUT2D eigenvalue weighted by molar-refractivity contribution is 7.89. The summed E-state index contributed by atoms with van der Waals surface area (Å²) in [7, 11) is -3.44. The average molecular weight is 461 g/mol. The molecule has 0 amide bonds. The molecular weight excluding hydrogens is 436 g/mol. The van der Waals surface area contributed by atoms with Gasteiger partial charge in [-0.2, -0.15) is 4.31 Å². The van der Waals surface area contributed by atoms with Crippen molar-refractivity contribution in [3.05, 3.63) is 59.3 Å². The molecule has 3 heterocycles. The van der Waals surface area contributed by atoms with Crippen LogP contribution >= 0.6 is 11.3 Å². The van der Waals surface area contributed by atoms with Gasteiger partial charge in [-0.15, -0.1) is 11.3 Å². The maximum absolute atomic E-state index is 12.7. The Hall–Kier alpha value is -2.49. The molecule has 9 heteroatoms. The molecule has 31 heavy (non-hydrogen) atoms. The summed E-state index contributed by atoms with van der Waals surface area (Å²) in [6, 6.07) is 10.6. The number of oxazole rings is 1. The Balaban J connectivity index is 1.26. The van der Waals surface area contributed by atoms with Crippen molar-refractivity contribution in [2.24, 2.45) is 0 Å². The maximum atomic E-state index is 12.7. The molecule has 1 aromatic carbocycles. The number of hydrogen-bond donors (Lipinski definition) is 0. The minimum absolute atomic E-state index is 0.0563. The summed E-state index contributed by atoms with van der Waals surface area (Å²) in [6.07, 6.45) is 5.06. The Morgan fingerprint density at radius 1 is 1.13 bits per heavy atom. The van der Waals surface area contributed by atoms with Gasteiger partial charge < -0.3 is 9.15 Å². The number of piperidine rings is 1. The summed E-state index contributed by atoms with van der Waals surface area (Å²) in [5.74, 6) is 0.173. The van der Waals surface area contributed by atoms with Gasteiger partial charge in [0.15, 0.2) is 0 Å². The highest BCUT2D eigenvalue weighted by atomic mass is 32.2. The zero-order chi connectivity index (χ0) is 21.7. The van der Waals surface area contributed by atoms with E-state index in [-0.39, 0.29) is 19.0 Å². The fraction of sp³-hybridized carbons (Fsp3) is 0.364. The van der Waals surface area contributed by atoms with Crippen molar-refractivity contribution in [1.82, 2.24) is 9.29 Å². The van der Waals surface area contributed by atoms with Crippen molar-refractivity contribution in [3.63, 3.8) is 0 Å². The molecule has 0 spiro atoms.